The highest BCUT2D eigenvalue weighted by molar-refractivity contribution is 5.83. The zero-order valence-electron chi connectivity index (χ0n) is 20.9. The molecule has 1 aliphatic heterocycles. The molecular formula is C31H33FN2O3. The topological polar surface area (TPSA) is 43.0 Å². The van der Waals surface area contributed by atoms with Crippen molar-refractivity contribution in [3.05, 3.63) is 102 Å². The lowest BCUT2D eigenvalue weighted by Gasteiger charge is -2.37. The molecule has 1 unspecified atom stereocenters. The summed E-state index contributed by atoms with van der Waals surface area (Å²) in [5.74, 6) is 1.49. The molecule has 6 heteroatoms. The van der Waals surface area contributed by atoms with Crippen LogP contribution in [0.1, 0.15) is 12.0 Å². The highest BCUT2D eigenvalue weighted by Gasteiger charge is 2.23. The van der Waals surface area contributed by atoms with Crippen molar-refractivity contribution >= 4 is 16.5 Å². The van der Waals surface area contributed by atoms with Crippen LogP contribution < -0.4 is 19.7 Å². The molecule has 37 heavy (non-hydrogen) atoms. The molecule has 192 valence electrons. The molecular weight excluding hydrogens is 467 g/mol. The van der Waals surface area contributed by atoms with Crippen LogP contribution >= 0.6 is 0 Å². The van der Waals surface area contributed by atoms with Gasteiger partial charge in [0.25, 0.3) is 0 Å². The number of hydrogen-bond acceptors (Lipinski definition) is 5. The Bertz CT molecular complexity index is 1280. The number of nitrogens with one attached hydrogen (secondary N) is 1. The molecule has 0 amide bonds. The summed E-state index contributed by atoms with van der Waals surface area (Å²) < 4.78 is 31.3. The van der Waals surface area contributed by atoms with Gasteiger partial charge in [-0.15, -0.1) is 0 Å². The highest BCUT2D eigenvalue weighted by Crippen LogP contribution is 2.24. The first kappa shape index (κ1) is 25.1. The number of halogens is 1. The van der Waals surface area contributed by atoms with Gasteiger partial charge in [0.2, 0.25) is 0 Å². The van der Waals surface area contributed by atoms with Crippen molar-refractivity contribution < 1.29 is 18.6 Å². The molecule has 0 bridgehead atoms. The first-order valence-corrected chi connectivity index (χ1v) is 12.9. The average Bonchev–Trinajstić information content (AvgIpc) is 2.95. The van der Waals surface area contributed by atoms with Crippen molar-refractivity contribution in [2.24, 2.45) is 0 Å². The van der Waals surface area contributed by atoms with E-state index in [1.807, 2.05) is 30.3 Å². The van der Waals surface area contributed by atoms with Crippen molar-refractivity contribution in [2.45, 2.75) is 19.1 Å². The summed E-state index contributed by atoms with van der Waals surface area (Å²) in [6.07, 6.45) is 0.738. The van der Waals surface area contributed by atoms with Crippen LogP contribution in [0.5, 0.6) is 11.5 Å². The van der Waals surface area contributed by atoms with Crippen LogP contribution in [0.4, 0.5) is 10.1 Å². The van der Waals surface area contributed by atoms with E-state index >= 15 is 0 Å². The second-order valence-electron chi connectivity index (χ2n) is 9.21. The van der Waals surface area contributed by atoms with Crippen molar-refractivity contribution in [1.82, 2.24) is 5.32 Å². The normalized spacial score (nSPS) is 15.6. The van der Waals surface area contributed by atoms with E-state index in [9.17, 15) is 4.39 Å². The number of piperazine rings is 1. The number of fused-ring (bicyclic) bond motifs is 1. The van der Waals surface area contributed by atoms with Gasteiger partial charge in [-0.25, -0.2) is 4.39 Å². The summed E-state index contributed by atoms with van der Waals surface area (Å²) in [5.41, 5.74) is 1.74. The molecule has 0 saturated carbocycles. The van der Waals surface area contributed by atoms with Gasteiger partial charge >= 0.3 is 0 Å². The molecule has 1 fully saturated rings. The quantitative estimate of drug-likeness (QED) is 0.263. The third-order valence-corrected chi connectivity index (χ3v) is 6.60. The van der Waals surface area contributed by atoms with Crippen LogP contribution in [0.2, 0.25) is 0 Å². The monoisotopic (exact) mass is 500 g/mol. The molecule has 1 aliphatic rings. The minimum atomic E-state index is -0.231. The van der Waals surface area contributed by atoms with Gasteiger partial charge in [0.1, 0.15) is 23.9 Å². The summed E-state index contributed by atoms with van der Waals surface area (Å²) in [6, 6.07) is 29.7. The predicted octanol–water partition coefficient (Wildman–Crippen LogP) is 5.82. The zero-order valence-corrected chi connectivity index (χ0v) is 20.9. The molecule has 0 aliphatic carbocycles. The molecule has 0 aromatic heterocycles. The van der Waals surface area contributed by atoms with Crippen LogP contribution in [0.3, 0.4) is 0 Å². The highest BCUT2D eigenvalue weighted by atomic mass is 19.1. The Morgan fingerprint density at radius 1 is 0.811 bits per heavy atom. The van der Waals surface area contributed by atoms with Gasteiger partial charge in [0.15, 0.2) is 0 Å². The van der Waals surface area contributed by atoms with Crippen LogP contribution in [0.15, 0.2) is 91.0 Å². The van der Waals surface area contributed by atoms with Gasteiger partial charge in [0.05, 0.1) is 25.9 Å². The largest absolute Gasteiger partial charge is 0.494 e. The van der Waals surface area contributed by atoms with Crippen molar-refractivity contribution in [1.29, 1.82) is 0 Å². The fourth-order valence-electron chi connectivity index (χ4n) is 4.58. The molecule has 4 aromatic carbocycles. The lowest BCUT2D eigenvalue weighted by atomic mass is 10.1. The predicted molar refractivity (Wildman–Crippen MR) is 146 cm³/mol. The second kappa shape index (κ2) is 12.6. The molecule has 5 nitrogen and oxygen atoms in total. The van der Waals surface area contributed by atoms with Gasteiger partial charge in [-0.05, 0) is 53.2 Å². The number of hydrogen-bond donors (Lipinski definition) is 1. The van der Waals surface area contributed by atoms with E-state index in [0.717, 1.165) is 43.2 Å². The van der Waals surface area contributed by atoms with Gasteiger partial charge in [-0.1, -0.05) is 48.5 Å². The summed E-state index contributed by atoms with van der Waals surface area (Å²) in [5, 5.41) is 5.89. The van der Waals surface area contributed by atoms with Crippen molar-refractivity contribution in [3.63, 3.8) is 0 Å². The van der Waals surface area contributed by atoms with E-state index < -0.39 is 0 Å². The maximum atomic E-state index is 13.6. The Morgan fingerprint density at radius 3 is 2.46 bits per heavy atom. The van der Waals surface area contributed by atoms with Gasteiger partial charge in [0, 0.05) is 37.3 Å². The Kier molecular flexibility index (Phi) is 8.51. The van der Waals surface area contributed by atoms with E-state index in [1.165, 1.54) is 16.8 Å². The molecule has 5 rings (SSSR count). The number of nitrogens with zero attached hydrogens (tertiary/aromatic N) is 1. The first-order chi connectivity index (χ1) is 18.3. The van der Waals surface area contributed by atoms with Gasteiger partial charge in [-0.2, -0.15) is 0 Å². The minimum Gasteiger partial charge on any atom is -0.494 e. The van der Waals surface area contributed by atoms with E-state index in [4.69, 9.17) is 14.2 Å². The second-order valence-corrected chi connectivity index (χ2v) is 9.21. The Hall–Kier alpha value is -3.61. The van der Waals surface area contributed by atoms with E-state index in [2.05, 4.69) is 52.7 Å². The smallest absolute Gasteiger partial charge is 0.128 e. The van der Waals surface area contributed by atoms with E-state index in [0.29, 0.717) is 25.4 Å². The minimum absolute atomic E-state index is 0.231. The number of anilines is 1. The standard InChI is InChI=1S/C31H33FN2O3/c32-31-9-4-3-8-26(31)22-35-18-5-19-36-29-14-11-27(12-15-29)34-17-16-33-21-28(34)23-37-30-13-10-24-6-1-2-7-25(24)20-30/h1-4,6-15,20,28,33H,5,16-19,21-23H2. The molecule has 1 saturated heterocycles. The fraction of sp³-hybridized carbons (Fsp3) is 0.290. The first-order valence-electron chi connectivity index (χ1n) is 12.9. The summed E-state index contributed by atoms with van der Waals surface area (Å²) >= 11 is 0. The maximum Gasteiger partial charge on any atom is 0.128 e. The maximum absolute atomic E-state index is 13.6. The lowest BCUT2D eigenvalue weighted by Crippen LogP contribution is -2.54. The number of rotatable bonds is 11. The summed E-state index contributed by atoms with van der Waals surface area (Å²) in [6.45, 7) is 4.69. The van der Waals surface area contributed by atoms with E-state index in [1.54, 1.807) is 12.1 Å². The molecule has 0 spiro atoms. The van der Waals surface area contributed by atoms with Gasteiger partial charge in [-0.3, -0.25) is 0 Å². The van der Waals surface area contributed by atoms with Crippen LogP contribution in [0.25, 0.3) is 10.8 Å². The average molecular weight is 501 g/mol. The van der Waals surface area contributed by atoms with Gasteiger partial charge < -0.3 is 24.4 Å². The Morgan fingerprint density at radius 2 is 1.59 bits per heavy atom. The van der Waals surface area contributed by atoms with Crippen molar-refractivity contribution in [2.75, 3.05) is 44.4 Å². The molecule has 1 atom stereocenters. The third kappa shape index (κ3) is 6.79. The molecule has 4 aromatic rings. The van der Waals surface area contributed by atoms with E-state index in [-0.39, 0.29) is 18.5 Å². The molecule has 0 radical (unpaired) electrons. The SMILES string of the molecule is Fc1ccccc1COCCCOc1ccc(N2CCNCC2COc2ccc3ccccc3c2)cc1. The Balaban J connectivity index is 1.08. The number of benzene rings is 4. The lowest BCUT2D eigenvalue weighted by molar-refractivity contribution is 0.105. The summed E-state index contributed by atoms with van der Waals surface area (Å²) in [4.78, 5) is 2.40. The van der Waals surface area contributed by atoms with Crippen LogP contribution in [0, 0.1) is 5.82 Å². The molecule has 1 heterocycles. The van der Waals surface area contributed by atoms with Crippen LogP contribution in [-0.2, 0) is 11.3 Å². The zero-order chi connectivity index (χ0) is 25.3. The fourth-order valence-corrected chi connectivity index (χ4v) is 4.58. The molecule has 1 N–H and O–H groups in total. The third-order valence-electron chi connectivity index (χ3n) is 6.60. The van der Waals surface area contributed by atoms with Crippen molar-refractivity contribution in [3.8, 4) is 11.5 Å². The number of ether oxygens (including phenoxy) is 3. The van der Waals surface area contributed by atoms with Crippen LogP contribution in [-0.4, -0.2) is 45.5 Å². The Labute approximate surface area is 217 Å². The summed E-state index contributed by atoms with van der Waals surface area (Å²) in [7, 11) is 0.